The van der Waals surface area contributed by atoms with Gasteiger partial charge in [0.15, 0.2) is 17.5 Å². The summed E-state index contributed by atoms with van der Waals surface area (Å²) in [5.74, 6) is -1.29. The summed E-state index contributed by atoms with van der Waals surface area (Å²) in [7, 11) is 1.38. The van der Waals surface area contributed by atoms with Crippen molar-refractivity contribution in [3.8, 4) is 0 Å². The van der Waals surface area contributed by atoms with Crippen LogP contribution in [0.5, 0.6) is 0 Å². The molecule has 3 rings (SSSR count). The van der Waals surface area contributed by atoms with E-state index in [0.29, 0.717) is 11.8 Å². The topological polar surface area (TPSA) is 82.1 Å². The minimum absolute atomic E-state index is 0.354. The highest BCUT2D eigenvalue weighted by atomic mass is 16.7. The average Bonchev–Trinajstić information content (AvgIpc) is 3.05. The summed E-state index contributed by atoms with van der Waals surface area (Å²) in [6, 6.07) is 6.86. The van der Waals surface area contributed by atoms with Crippen LogP contribution in [0, 0.1) is 12.8 Å². The molecule has 118 valence electrons. The number of methoxy groups -OCH3 is 1. The third kappa shape index (κ3) is 1.84. The van der Waals surface area contributed by atoms with Crippen LogP contribution in [0.1, 0.15) is 22.8 Å². The minimum Gasteiger partial charge on any atom is -0.448 e. The van der Waals surface area contributed by atoms with Gasteiger partial charge in [-0.25, -0.2) is 4.79 Å². The first-order valence-electron chi connectivity index (χ1n) is 7.04. The maximum Gasteiger partial charge on any atom is 0.338 e. The Bertz CT molecular complexity index is 608. The van der Waals surface area contributed by atoms with Gasteiger partial charge in [0.25, 0.3) is 0 Å². The number of esters is 1. The smallest absolute Gasteiger partial charge is 0.338 e. The van der Waals surface area contributed by atoms with Crippen molar-refractivity contribution in [2.45, 2.75) is 37.4 Å². The molecule has 6 heteroatoms. The predicted octanol–water partition coefficient (Wildman–Crippen LogP) is 0.842. The number of hydrogen-bond acceptors (Lipinski definition) is 6. The molecular formula is C16H18O6. The summed E-state index contributed by atoms with van der Waals surface area (Å²) in [4.78, 5) is 23.6. The fraction of sp³-hybridized carbons (Fsp3) is 0.500. The van der Waals surface area contributed by atoms with Crippen LogP contribution in [0.15, 0.2) is 24.3 Å². The van der Waals surface area contributed by atoms with Gasteiger partial charge in [-0.2, -0.15) is 0 Å². The van der Waals surface area contributed by atoms with Crippen LogP contribution in [-0.4, -0.2) is 48.1 Å². The Morgan fingerprint density at radius 2 is 2.00 bits per heavy atom. The lowest BCUT2D eigenvalue weighted by Gasteiger charge is -2.32. The Balaban J connectivity index is 1.87. The Hall–Kier alpha value is -1.76. The second-order valence-corrected chi connectivity index (χ2v) is 5.98. The molecule has 0 bridgehead atoms. The fourth-order valence-corrected chi connectivity index (χ4v) is 3.21. The summed E-state index contributed by atoms with van der Waals surface area (Å²) in [6.07, 6.45) is -0.980. The van der Waals surface area contributed by atoms with E-state index in [0.717, 1.165) is 5.56 Å². The van der Waals surface area contributed by atoms with Crippen LogP contribution < -0.4 is 0 Å². The summed E-state index contributed by atoms with van der Waals surface area (Å²) in [6.45, 7) is 3.36. The number of aryl methyl sites for hydroxylation is 1. The maximum atomic E-state index is 12.3. The van der Waals surface area contributed by atoms with Crippen LogP contribution in [0.25, 0.3) is 0 Å². The highest BCUT2D eigenvalue weighted by molar-refractivity contribution is 5.90. The minimum atomic E-state index is -1.60. The van der Waals surface area contributed by atoms with Gasteiger partial charge >= 0.3 is 5.97 Å². The summed E-state index contributed by atoms with van der Waals surface area (Å²) in [5, 5.41) is 10.7. The van der Waals surface area contributed by atoms with Crippen molar-refractivity contribution < 1.29 is 28.9 Å². The third-order valence-corrected chi connectivity index (χ3v) is 4.56. The van der Waals surface area contributed by atoms with E-state index in [-0.39, 0.29) is 0 Å². The van der Waals surface area contributed by atoms with Crippen LogP contribution in [-0.2, 0) is 19.0 Å². The molecule has 0 aromatic heterocycles. The normalized spacial score (nSPS) is 39.2. The van der Waals surface area contributed by atoms with Gasteiger partial charge in [-0.3, -0.25) is 0 Å². The first-order chi connectivity index (χ1) is 10.4. The zero-order valence-electron chi connectivity index (χ0n) is 12.6. The predicted molar refractivity (Wildman–Crippen MR) is 75.2 cm³/mol. The van der Waals surface area contributed by atoms with Gasteiger partial charge in [0, 0.05) is 7.11 Å². The van der Waals surface area contributed by atoms with Crippen LogP contribution in [0.4, 0.5) is 0 Å². The summed E-state index contributed by atoms with van der Waals surface area (Å²) < 4.78 is 16.1. The molecule has 1 N–H and O–H groups in total. The first kappa shape index (κ1) is 15.1. The monoisotopic (exact) mass is 306 g/mol. The van der Waals surface area contributed by atoms with Crippen LogP contribution >= 0.6 is 0 Å². The number of ether oxygens (including phenoxy) is 3. The third-order valence-electron chi connectivity index (χ3n) is 4.56. The lowest BCUT2D eigenvalue weighted by atomic mass is 9.94. The van der Waals surface area contributed by atoms with Gasteiger partial charge < -0.3 is 24.1 Å². The molecule has 2 aliphatic rings. The molecule has 0 radical (unpaired) electrons. The molecule has 1 aromatic rings. The Morgan fingerprint density at radius 1 is 1.36 bits per heavy atom. The van der Waals surface area contributed by atoms with Gasteiger partial charge in [0.05, 0.1) is 11.5 Å². The van der Waals surface area contributed by atoms with Crippen molar-refractivity contribution >= 4 is 12.3 Å². The first-order valence-corrected chi connectivity index (χ1v) is 7.04. The zero-order valence-corrected chi connectivity index (χ0v) is 12.6. The van der Waals surface area contributed by atoms with Crippen LogP contribution in [0.2, 0.25) is 0 Å². The molecule has 2 unspecified atom stereocenters. The Morgan fingerprint density at radius 3 is 2.55 bits per heavy atom. The molecule has 5 atom stereocenters. The molecule has 1 aliphatic heterocycles. The van der Waals surface area contributed by atoms with Gasteiger partial charge in [-0.05, 0) is 26.0 Å². The number of rotatable bonds is 4. The molecule has 1 heterocycles. The van der Waals surface area contributed by atoms with Gasteiger partial charge in [-0.1, -0.05) is 17.7 Å². The number of carbonyl (C=O) groups excluding carboxylic acids is 2. The van der Waals surface area contributed by atoms with Crippen molar-refractivity contribution in [2.24, 2.45) is 5.92 Å². The number of carbonyl (C=O) groups is 2. The second-order valence-electron chi connectivity index (χ2n) is 5.98. The molecule has 0 spiro atoms. The van der Waals surface area contributed by atoms with Gasteiger partial charge in [0.2, 0.25) is 0 Å². The molecule has 22 heavy (non-hydrogen) atoms. The number of fused-ring (bicyclic) bond motifs is 1. The molecule has 1 saturated heterocycles. The zero-order chi connectivity index (χ0) is 16.1. The molecule has 1 aromatic carbocycles. The van der Waals surface area contributed by atoms with E-state index in [2.05, 4.69) is 0 Å². The van der Waals surface area contributed by atoms with Gasteiger partial charge in [0.1, 0.15) is 12.4 Å². The lowest BCUT2D eigenvalue weighted by Crippen LogP contribution is -2.52. The van der Waals surface area contributed by atoms with Crippen LogP contribution in [0.3, 0.4) is 0 Å². The van der Waals surface area contributed by atoms with Crippen molar-refractivity contribution in [1.82, 2.24) is 0 Å². The molecule has 1 saturated carbocycles. The lowest BCUT2D eigenvalue weighted by molar-refractivity contribution is -0.215. The molecular weight excluding hydrogens is 288 g/mol. The van der Waals surface area contributed by atoms with E-state index in [9.17, 15) is 14.7 Å². The van der Waals surface area contributed by atoms with E-state index in [1.54, 1.807) is 24.3 Å². The van der Waals surface area contributed by atoms with Gasteiger partial charge in [-0.15, -0.1) is 0 Å². The van der Waals surface area contributed by atoms with E-state index in [4.69, 9.17) is 14.2 Å². The Kier molecular flexibility index (Phi) is 3.36. The summed E-state index contributed by atoms with van der Waals surface area (Å²) >= 11 is 0. The van der Waals surface area contributed by atoms with E-state index >= 15 is 0 Å². The Labute approximate surface area is 128 Å². The number of benzene rings is 1. The summed E-state index contributed by atoms with van der Waals surface area (Å²) in [5.41, 5.74) is -1.62. The standard InChI is InChI=1S/C16H18O6/c1-9-4-6-10(7-5-9)13(18)22-16-11(8-17)12(16)21-14(20-3)15(16,2)19/h4-8,11-12,14,19H,1-3H3/t11?,12-,14?,15+,16-/m1/s1. The molecule has 1 aliphatic carbocycles. The highest BCUT2D eigenvalue weighted by Crippen LogP contribution is 2.62. The maximum absolute atomic E-state index is 12.3. The number of aliphatic hydroxyl groups is 1. The van der Waals surface area contributed by atoms with Crippen molar-refractivity contribution in [3.05, 3.63) is 35.4 Å². The SMILES string of the molecule is COC1O[C@@H]2C(C=O)[C@]2(OC(=O)c2ccc(C)cc2)[C@@]1(C)O. The van der Waals surface area contributed by atoms with Crippen molar-refractivity contribution in [2.75, 3.05) is 7.11 Å². The van der Waals surface area contributed by atoms with Crippen molar-refractivity contribution in [1.29, 1.82) is 0 Å². The van der Waals surface area contributed by atoms with E-state index in [1.165, 1.54) is 14.0 Å². The molecule has 0 amide bonds. The second kappa shape index (κ2) is 4.87. The molecule has 6 nitrogen and oxygen atoms in total. The number of aldehydes is 1. The molecule has 2 fully saturated rings. The van der Waals surface area contributed by atoms with Crippen molar-refractivity contribution in [3.63, 3.8) is 0 Å². The largest absolute Gasteiger partial charge is 0.448 e. The fourth-order valence-electron chi connectivity index (χ4n) is 3.21. The number of hydrogen-bond donors (Lipinski definition) is 1. The quantitative estimate of drug-likeness (QED) is 0.656. The average molecular weight is 306 g/mol. The van der Waals surface area contributed by atoms with E-state index in [1.807, 2.05) is 6.92 Å². The van der Waals surface area contributed by atoms with E-state index < -0.39 is 35.5 Å². The highest BCUT2D eigenvalue weighted by Gasteiger charge is 2.85.